The van der Waals surface area contributed by atoms with E-state index in [0.29, 0.717) is 31.5 Å². The summed E-state index contributed by atoms with van der Waals surface area (Å²) >= 11 is 1.03. The molecule has 0 unspecified atom stereocenters. The predicted octanol–water partition coefficient (Wildman–Crippen LogP) is 1.26. The van der Waals surface area contributed by atoms with Crippen molar-refractivity contribution in [1.29, 1.82) is 0 Å². The summed E-state index contributed by atoms with van der Waals surface area (Å²) in [7, 11) is -2.22. The number of nitrogens with one attached hydrogen (secondary N) is 2. The molecule has 1 aliphatic rings. The van der Waals surface area contributed by atoms with Gasteiger partial charge < -0.3 is 10.4 Å². The standard InChI is InChI=1S/C15H20N4O4S2/c1-3-10(11-5-7-17-19(11)2)18-25(22,23)15-13(14(20)21)9-4-6-16-8-12(9)24-15/h5,7,10,16,18H,3-4,6,8H2,1-2H3,(H,20,21)/t10-/m1/s1. The Labute approximate surface area is 149 Å². The lowest BCUT2D eigenvalue weighted by Gasteiger charge is -2.17. The minimum Gasteiger partial charge on any atom is -0.478 e. The number of carbonyl (C=O) groups is 1. The minimum absolute atomic E-state index is 0.0890. The smallest absolute Gasteiger partial charge is 0.338 e. The van der Waals surface area contributed by atoms with E-state index in [4.69, 9.17) is 0 Å². The molecule has 0 radical (unpaired) electrons. The quantitative estimate of drug-likeness (QED) is 0.691. The monoisotopic (exact) mass is 384 g/mol. The molecule has 10 heteroatoms. The first-order chi connectivity index (χ1) is 11.8. The average Bonchev–Trinajstić information content (AvgIpc) is 3.16. The van der Waals surface area contributed by atoms with Gasteiger partial charge in [0.25, 0.3) is 10.0 Å². The molecule has 0 saturated heterocycles. The van der Waals surface area contributed by atoms with Gasteiger partial charge in [0, 0.05) is 24.7 Å². The third-order valence-corrected chi connectivity index (χ3v) is 7.50. The molecule has 0 aromatic carbocycles. The number of nitrogens with zero attached hydrogens (tertiary/aromatic N) is 2. The summed E-state index contributed by atoms with van der Waals surface area (Å²) in [5.74, 6) is -1.20. The Balaban J connectivity index is 2.01. The number of fused-ring (bicyclic) bond motifs is 1. The SMILES string of the molecule is CC[C@@H](NS(=O)(=O)c1sc2c(c1C(=O)O)CCNC2)c1ccnn1C. The van der Waals surface area contributed by atoms with Gasteiger partial charge in [0.15, 0.2) is 0 Å². The molecule has 2 aromatic heterocycles. The number of aromatic nitrogens is 2. The van der Waals surface area contributed by atoms with Gasteiger partial charge in [-0.3, -0.25) is 4.68 Å². The Bertz CT molecular complexity index is 901. The molecule has 3 heterocycles. The van der Waals surface area contributed by atoms with Gasteiger partial charge in [-0.05, 0) is 31.0 Å². The molecule has 0 bridgehead atoms. The molecule has 0 spiro atoms. The number of carboxylic acids is 1. The van der Waals surface area contributed by atoms with Crippen LogP contribution in [0.15, 0.2) is 16.5 Å². The lowest BCUT2D eigenvalue weighted by Crippen LogP contribution is -2.30. The topological polar surface area (TPSA) is 113 Å². The number of rotatable bonds is 6. The number of aromatic carboxylic acids is 1. The van der Waals surface area contributed by atoms with Crippen LogP contribution in [0.2, 0.25) is 0 Å². The highest BCUT2D eigenvalue weighted by Gasteiger charge is 2.33. The summed E-state index contributed by atoms with van der Waals surface area (Å²) in [6.07, 6.45) is 2.64. The Hall–Kier alpha value is -1.75. The zero-order valence-corrected chi connectivity index (χ0v) is 15.6. The number of aryl methyl sites for hydroxylation is 1. The Morgan fingerprint density at radius 2 is 2.32 bits per heavy atom. The number of thiophene rings is 1. The summed E-state index contributed by atoms with van der Waals surface area (Å²) in [6, 6.07) is 1.27. The molecule has 0 saturated carbocycles. The van der Waals surface area contributed by atoms with E-state index in [9.17, 15) is 18.3 Å². The molecule has 8 nitrogen and oxygen atoms in total. The molecule has 2 aromatic rings. The van der Waals surface area contributed by atoms with E-state index in [1.54, 1.807) is 24.0 Å². The van der Waals surface area contributed by atoms with Crippen molar-refractivity contribution in [3.05, 3.63) is 34.0 Å². The maximum absolute atomic E-state index is 12.9. The average molecular weight is 384 g/mol. The van der Waals surface area contributed by atoms with E-state index in [0.717, 1.165) is 21.9 Å². The second kappa shape index (κ2) is 6.87. The summed E-state index contributed by atoms with van der Waals surface area (Å²) in [5.41, 5.74) is 1.27. The molecule has 0 amide bonds. The summed E-state index contributed by atoms with van der Waals surface area (Å²) in [6.45, 7) is 3.00. The summed E-state index contributed by atoms with van der Waals surface area (Å²) < 4.78 is 30.0. The van der Waals surface area contributed by atoms with Crippen molar-refractivity contribution in [1.82, 2.24) is 19.8 Å². The third kappa shape index (κ3) is 3.34. The van der Waals surface area contributed by atoms with Crippen LogP contribution in [0.1, 0.15) is 45.9 Å². The lowest BCUT2D eigenvalue weighted by atomic mass is 10.1. The van der Waals surface area contributed by atoms with Gasteiger partial charge in [-0.15, -0.1) is 11.3 Å². The van der Waals surface area contributed by atoms with Crippen LogP contribution in [-0.2, 0) is 30.0 Å². The van der Waals surface area contributed by atoms with E-state index in [2.05, 4.69) is 15.1 Å². The van der Waals surface area contributed by atoms with Crippen LogP contribution in [0, 0.1) is 0 Å². The van der Waals surface area contributed by atoms with Crippen molar-refractivity contribution in [2.24, 2.45) is 7.05 Å². The van der Waals surface area contributed by atoms with E-state index in [-0.39, 0.29) is 9.77 Å². The highest BCUT2D eigenvalue weighted by molar-refractivity contribution is 7.91. The summed E-state index contributed by atoms with van der Waals surface area (Å²) in [5, 5.41) is 16.8. The van der Waals surface area contributed by atoms with Crippen LogP contribution in [-0.4, -0.2) is 35.8 Å². The van der Waals surface area contributed by atoms with E-state index in [1.165, 1.54) is 0 Å². The molecular formula is C15H20N4O4S2. The van der Waals surface area contributed by atoms with E-state index in [1.807, 2.05) is 6.92 Å². The fraction of sp³-hybridized carbons (Fsp3) is 0.467. The second-order valence-corrected chi connectivity index (χ2v) is 8.87. The fourth-order valence-corrected chi connectivity index (χ4v) is 6.21. The van der Waals surface area contributed by atoms with Crippen LogP contribution in [0.4, 0.5) is 0 Å². The fourth-order valence-electron chi connectivity index (χ4n) is 3.03. The Morgan fingerprint density at radius 1 is 1.56 bits per heavy atom. The largest absolute Gasteiger partial charge is 0.478 e. The van der Waals surface area contributed by atoms with E-state index < -0.39 is 22.0 Å². The zero-order chi connectivity index (χ0) is 18.2. The van der Waals surface area contributed by atoms with Crippen molar-refractivity contribution in [2.75, 3.05) is 6.54 Å². The first-order valence-electron chi connectivity index (χ1n) is 7.94. The lowest BCUT2D eigenvalue weighted by molar-refractivity contribution is 0.0692. The van der Waals surface area contributed by atoms with Crippen LogP contribution < -0.4 is 10.0 Å². The molecule has 25 heavy (non-hydrogen) atoms. The number of carboxylic acid groups (broad SMARTS) is 1. The van der Waals surface area contributed by atoms with Crippen LogP contribution in [0.5, 0.6) is 0 Å². The summed E-state index contributed by atoms with van der Waals surface area (Å²) in [4.78, 5) is 12.5. The van der Waals surface area contributed by atoms with Gasteiger partial charge >= 0.3 is 5.97 Å². The first kappa shape index (κ1) is 18.1. The number of sulfonamides is 1. The van der Waals surface area contributed by atoms with Crippen LogP contribution in [0.25, 0.3) is 0 Å². The van der Waals surface area contributed by atoms with Gasteiger partial charge in [0.2, 0.25) is 0 Å². The molecular weight excluding hydrogens is 364 g/mol. The van der Waals surface area contributed by atoms with Gasteiger partial charge in [0.05, 0.1) is 17.3 Å². The van der Waals surface area contributed by atoms with Crippen molar-refractivity contribution in [2.45, 2.75) is 36.6 Å². The highest BCUT2D eigenvalue weighted by atomic mass is 32.2. The molecule has 0 fully saturated rings. The van der Waals surface area contributed by atoms with E-state index >= 15 is 0 Å². The molecule has 0 aliphatic carbocycles. The molecule has 3 rings (SSSR count). The second-order valence-electron chi connectivity index (χ2n) is 5.86. The highest BCUT2D eigenvalue weighted by Crippen LogP contribution is 2.35. The van der Waals surface area contributed by atoms with Crippen molar-refractivity contribution in [3.8, 4) is 0 Å². The van der Waals surface area contributed by atoms with Gasteiger partial charge in [-0.25, -0.2) is 17.9 Å². The maximum Gasteiger partial charge on any atom is 0.338 e. The van der Waals surface area contributed by atoms with Crippen molar-refractivity contribution in [3.63, 3.8) is 0 Å². The molecule has 1 aliphatic heterocycles. The predicted molar refractivity (Wildman–Crippen MR) is 93.3 cm³/mol. The Kier molecular flexibility index (Phi) is 4.96. The number of hydrogen-bond donors (Lipinski definition) is 3. The minimum atomic E-state index is -3.97. The number of hydrogen-bond acceptors (Lipinski definition) is 6. The molecule has 1 atom stereocenters. The molecule has 136 valence electrons. The zero-order valence-electron chi connectivity index (χ0n) is 13.9. The first-order valence-corrected chi connectivity index (χ1v) is 10.2. The normalized spacial score (nSPS) is 15.8. The maximum atomic E-state index is 12.9. The van der Waals surface area contributed by atoms with Crippen LogP contribution in [0.3, 0.4) is 0 Å². The van der Waals surface area contributed by atoms with Crippen LogP contribution >= 0.6 is 11.3 Å². The van der Waals surface area contributed by atoms with Gasteiger partial charge in [0.1, 0.15) is 4.21 Å². The Morgan fingerprint density at radius 3 is 2.92 bits per heavy atom. The van der Waals surface area contributed by atoms with Crippen molar-refractivity contribution < 1.29 is 18.3 Å². The van der Waals surface area contributed by atoms with Gasteiger partial charge in [-0.2, -0.15) is 5.10 Å². The third-order valence-electron chi connectivity index (χ3n) is 4.28. The van der Waals surface area contributed by atoms with Crippen molar-refractivity contribution >= 4 is 27.3 Å². The molecule has 3 N–H and O–H groups in total. The van der Waals surface area contributed by atoms with Gasteiger partial charge in [-0.1, -0.05) is 6.92 Å².